The number of aryl methyl sites for hydroxylation is 1. The van der Waals surface area contributed by atoms with Crippen LogP contribution in [0.3, 0.4) is 0 Å². The quantitative estimate of drug-likeness (QED) is 0.770. The van der Waals surface area contributed by atoms with E-state index in [1.807, 2.05) is 0 Å². The Morgan fingerprint density at radius 1 is 1.14 bits per heavy atom. The minimum absolute atomic E-state index is 0.000278. The van der Waals surface area contributed by atoms with E-state index in [4.69, 9.17) is 0 Å². The third-order valence-electron chi connectivity index (χ3n) is 6.06. The van der Waals surface area contributed by atoms with Gasteiger partial charge >= 0.3 is 0 Å². The van der Waals surface area contributed by atoms with Crippen molar-refractivity contribution in [2.24, 2.45) is 24.8 Å². The van der Waals surface area contributed by atoms with Crippen LogP contribution in [0, 0.1) is 17.8 Å². The normalized spacial score (nSPS) is 24.5. The predicted molar refractivity (Wildman–Crippen MR) is 107 cm³/mol. The molecule has 0 spiro atoms. The van der Waals surface area contributed by atoms with Gasteiger partial charge in [0.05, 0.1) is 11.9 Å². The van der Waals surface area contributed by atoms with E-state index in [-0.39, 0.29) is 22.7 Å². The molecule has 0 aliphatic heterocycles. The van der Waals surface area contributed by atoms with E-state index in [0.717, 1.165) is 24.1 Å². The summed E-state index contributed by atoms with van der Waals surface area (Å²) >= 11 is 0. The SMILES string of the molecule is Cn1nnc(NS(=O)(=O)c2cccc(NC(=O)C3CCCC4CCCCC43)c2)n1. The molecular weight excluding hydrogens is 392 g/mol. The van der Waals surface area contributed by atoms with Crippen LogP contribution in [0.15, 0.2) is 29.2 Å². The molecule has 4 rings (SSSR count). The molecule has 0 radical (unpaired) electrons. The Kier molecular flexibility index (Phi) is 5.53. The maximum atomic E-state index is 13.0. The van der Waals surface area contributed by atoms with Crippen LogP contribution >= 0.6 is 0 Å². The van der Waals surface area contributed by atoms with Crippen LogP contribution in [0.5, 0.6) is 0 Å². The number of rotatable bonds is 5. The van der Waals surface area contributed by atoms with Gasteiger partial charge in [0.1, 0.15) is 0 Å². The Balaban J connectivity index is 1.47. The second kappa shape index (κ2) is 8.10. The molecule has 2 aromatic rings. The number of hydrogen-bond donors (Lipinski definition) is 2. The maximum Gasteiger partial charge on any atom is 0.277 e. The van der Waals surface area contributed by atoms with E-state index in [2.05, 4.69) is 25.4 Å². The van der Waals surface area contributed by atoms with Crippen molar-refractivity contribution < 1.29 is 13.2 Å². The van der Waals surface area contributed by atoms with Crippen molar-refractivity contribution in [2.75, 3.05) is 10.0 Å². The van der Waals surface area contributed by atoms with Crippen molar-refractivity contribution in [2.45, 2.75) is 49.8 Å². The van der Waals surface area contributed by atoms with E-state index in [1.165, 1.54) is 37.8 Å². The molecule has 2 saturated carbocycles. The fourth-order valence-electron chi connectivity index (χ4n) is 4.74. The van der Waals surface area contributed by atoms with Gasteiger partial charge in [-0.05, 0) is 48.1 Å². The third kappa shape index (κ3) is 4.42. The maximum absolute atomic E-state index is 13.0. The van der Waals surface area contributed by atoms with Crippen molar-refractivity contribution in [3.63, 3.8) is 0 Å². The Morgan fingerprint density at radius 2 is 1.93 bits per heavy atom. The Morgan fingerprint density at radius 3 is 2.72 bits per heavy atom. The predicted octanol–water partition coefficient (Wildman–Crippen LogP) is 2.56. The number of benzene rings is 1. The highest BCUT2D eigenvalue weighted by Crippen LogP contribution is 2.44. The number of fused-ring (bicyclic) bond motifs is 1. The molecule has 2 N–H and O–H groups in total. The summed E-state index contributed by atoms with van der Waals surface area (Å²) in [5.41, 5.74) is 0.475. The first-order chi connectivity index (χ1) is 13.9. The molecule has 2 aliphatic carbocycles. The summed E-state index contributed by atoms with van der Waals surface area (Å²) in [7, 11) is -2.34. The first kappa shape index (κ1) is 19.8. The summed E-state index contributed by atoms with van der Waals surface area (Å²) in [6, 6.07) is 6.24. The van der Waals surface area contributed by atoms with E-state index in [1.54, 1.807) is 19.2 Å². The number of anilines is 2. The molecule has 1 aromatic heterocycles. The smallest absolute Gasteiger partial charge is 0.277 e. The number of aromatic nitrogens is 4. The molecule has 2 fully saturated rings. The molecule has 3 atom stereocenters. The molecule has 29 heavy (non-hydrogen) atoms. The van der Waals surface area contributed by atoms with Gasteiger partial charge in [-0.15, -0.1) is 5.10 Å². The van der Waals surface area contributed by atoms with Gasteiger partial charge in [0.15, 0.2) is 0 Å². The van der Waals surface area contributed by atoms with Crippen LogP contribution in [-0.4, -0.2) is 34.5 Å². The number of tetrazole rings is 1. The number of carbonyl (C=O) groups is 1. The second-order valence-electron chi connectivity index (χ2n) is 7.97. The Labute approximate surface area is 170 Å². The number of amides is 1. The zero-order chi connectivity index (χ0) is 20.4. The fourth-order valence-corrected chi connectivity index (χ4v) is 5.72. The van der Waals surface area contributed by atoms with Crippen LogP contribution in [0.4, 0.5) is 11.6 Å². The van der Waals surface area contributed by atoms with Crippen LogP contribution in [-0.2, 0) is 21.9 Å². The Hall–Kier alpha value is -2.49. The second-order valence-corrected chi connectivity index (χ2v) is 9.65. The lowest BCUT2D eigenvalue weighted by Gasteiger charge is -2.40. The van der Waals surface area contributed by atoms with Gasteiger partial charge < -0.3 is 5.32 Å². The zero-order valence-corrected chi connectivity index (χ0v) is 17.2. The molecule has 3 unspecified atom stereocenters. The van der Waals surface area contributed by atoms with Crippen LogP contribution < -0.4 is 10.0 Å². The number of nitrogens with zero attached hydrogens (tertiary/aromatic N) is 4. The van der Waals surface area contributed by atoms with E-state index >= 15 is 0 Å². The van der Waals surface area contributed by atoms with Gasteiger partial charge in [-0.25, -0.2) is 13.1 Å². The standard InChI is InChI=1S/C19H26N6O3S/c1-25-22-19(21-24-25)23-29(27,28)15-9-5-8-14(12-15)20-18(26)17-11-4-7-13-6-2-3-10-16(13)17/h5,8-9,12-13,16-17H,2-4,6-7,10-11H2,1H3,(H,20,26)(H,22,23). The van der Waals surface area contributed by atoms with Crippen LogP contribution in [0.1, 0.15) is 44.9 Å². The summed E-state index contributed by atoms with van der Waals surface area (Å²) in [6.07, 6.45) is 8.03. The summed E-state index contributed by atoms with van der Waals surface area (Å²) in [6.45, 7) is 0. The summed E-state index contributed by atoms with van der Waals surface area (Å²) in [4.78, 5) is 14.2. The van der Waals surface area contributed by atoms with Crippen molar-refractivity contribution in [3.05, 3.63) is 24.3 Å². The first-order valence-electron chi connectivity index (χ1n) is 10.1. The van der Waals surface area contributed by atoms with Gasteiger partial charge in [-0.2, -0.15) is 4.80 Å². The molecule has 2 aliphatic rings. The molecule has 1 amide bonds. The molecule has 0 bridgehead atoms. The number of carbonyl (C=O) groups excluding carboxylic acids is 1. The molecule has 1 heterocycles. The van der Waals surface area contributed by atoms with Gasteiger partial charge in [0, 0.05) is 11.6 Å². The average Bonchev–Trinajstić information content (AvgIpc) is 3.11. The summed E-state index contributed by atoms with van der Waals surface area (Å²) in [5, 5.41) is 14.0. The third-order valence-corrected chi connectivity index (χ3v) is 7.38. The molecule has 9 nitrogen and oxygen atoms in total. The molecular formula is C19H26N6O3S. The van der Waals surface area contributed by atoms with Gasteiger partial charge in [-0.1, -0.05) is 43.3 Å². The number of nitrogens with one attached hydrogen (secondary N) is 2. The average molecular weight is 419 g/mol. The zero-order valence-electron chi connectivity index (χ0n) is 16.4. The molecule has 156 valence electrons. The minimum Gasteiger partial charge on any atom is -0.326 e. The lowest BCUT2D eigenvalue weighted by atomic mass is 9.65. The molecule has 1 aromatic carbocycles. The van der Waals surface area contributed by atoms with E-state index < -0.39 is 10.0 Å². The van der Waals surface area contributed by atoms with Crippen LogP contribution in [0.25, 0.3) is 0 Å². The van der Waals surface area contributed by atoms with Crippen LogP contribution in [0.2, 0.25) is 0 Å². The molecule has 0 saturated heterocycles. The number of sulfonamides is 1. The van der Waals surface area contributed by atoms with Crippen molar-refractivity contribution in [3.8, 4) is 0 Å². The largest absolute Gasteiger partial charge is 0.326 e. The Bertz CT molecular complexity index is 987. The summed E-state index contributed by atoms with van der Waals surface area (Å²) in [5.74, 6) is 1.01. The highest BCUT2D eigenvalue weighted by Gasteiger charge is 2.38. The number of hydrogen-bond acceptors (Lipinski definition) is 6. The fraction of sp³-hybridized carbons (Fsp3) is 0.579. The van der Waals surface area contributed by atoms with Crippen molar-refractivity contribution in [1.82, 2.24) is 20.2 Å². The topological polar surface area (TPSA) is 119 Å². The lowest BCUT2D eigenvalue weighted by molar-refractivity contribution is -0.124. The van der Waals surface area contributed by atoms with E-state index in [0.29, 0.717) is 17.5 Å². The summed E-state index contributed by atoms with van der Waals surface area (Å²) < 4.78 is 27.5. The van der Waals surface area contributed by atoms with Gasteiger partial charge in [0.25, 0.3) is 16.0 Å². The first-order valence-corrected chi connectivity index (χ1v) is 11.6. The monoisotopic (exact) mass is 418 g/mol. The van der Waals surface area contributed by atoms with Crippen molar-refractivity contribution >= 4 is 27.6 Å². The molecule has 10 heteroatoms. The van der Waals surface area contributed by atoms with Crippen molar-refractivity contribution in [1.29, 1.82) is 0 Å². The van der Waals surface area contributed by atoms with Gasteiger partial charge in [0.2, 0.25) is 5.91 Å². The lowest BCUT2D eigenvalue weighted by Crippen LogP contribution is -2.38. The minimum atomic E-state index is -3.88. The van der Waals surface area contributed by atoms with Gasteiger partial charge in [-0.3, -0.25) is 4.79 Å². The highest BCUT2D eigenvalue weighted by molar-refractivity contribution is 7.92. The highest BCUT2D eigenvalue weighted by atomic mass is 32.2. The van der Waals surface area contributed by atoms with E-state index in [9.17, 15) is 13.2 Å².